The minimum Gasteiger partial charge on any atom is -0.426 e. The van der Waals surface area contributed by atoms with Crippen LogP contribution >= 0.6 is 0 Å². The van der Waals surface area contributed by atoms with Gasteiger partial charge in [-0.05, 0) is 36.8 Å². The molecular weight excluding hydrogens is 472 g/mol. The fraction of sp³-hybridized carbons (Fsp3) is 0.765. The summed E-state index contributed by atoms with van der Waals surface area (Å²) in [6.07, 6.45) is 22.6. The molecule has 1 aromatic carbocycles. The molecule has 4 heteroatoms. The van der Waals surface area contributed by atoms with Crippen LogP contribution in [-0.2, 0) is 9.59 Å². The molecule has 0 amide bonds. The zero-order valence-corrected chi connectivity index (χ0v) is 25.7. The van der Waals surface area contributed by atoms with Crippen molar-refractivity contribution in [3.63, 3.8) is 0 Å². The van der Waals surface area contributed by atoms with E-state index in [-0.39, 0.29) is 23.8 Å². The van der Waals surface area contributed by atoms with Crippen LogP contribution in [0.25, 0.3) is 0 Å². The monoisotopic (exact) mass is 530 g/mol. The second-order valence-corrected chi connectivity index (χ2v) is 11.4. The minimum absolute atomic E-state index is 0.218. The number of esters is 2. The molecule has 2 unspecified atom stereocenters. The highest BCUT2D eigenvalue weighted by Gasteiger charge is 2.22. The van der Waals surface area contributed by atoms with Crippen LogP contribution in [0.5, 0.6) is 11.5 Å². The Morgan fingerprint density at radius 1 is 0.553 bits per heavy atom. The van der Waals surface area contributed by atoms with Crippen molar-refractivity contribution in [2.75, 3.05) is 0 Å². The SMILES string of the molecule is CCCCCCCCCCC(C)c1cc(OC(C)=O)c(C(C)CCCCCCCCCC)cc1OC(C)=O. The molecule has 0 aromatic heterocycles. The first-order chi connectivity index (χ1) is 18.3. The van der Waals surface area contributed by atoms with Gasteiger partial charge in [0.05, 0.1) is 0 Å². The molecular formula is C34H58O4. The van der Waals surface area contributed by atoms with E-state index < -0.39 is 0 Å². The van der Waals surface area contributed by atoms with E-state index in [0.717, 1.165) is 36.8 Å². The van der Waals surface area contributed by atoms with Crippen molar-refractivity contribution in [2.45, 2.75) is 169 Å². The zero-order chi connectivity index (χ0) is 28.2. The molecule has 0 saturated carbocycles. The number of rotatable bonds is 22. The highest BCUT2D eigenvalue weighted by molar-refractivity contribution is 5.72. The van der Waals surface area contributed by atoms with E-state index in [9.17, 15) is 9.59 Å². The highest BCUT2D eigenvalue weighted by atomic mass is 16.5. The summed E-state index contributed by atoms with van der Waals surface area (Å²) in [6.45, 7) is 11.8. The molecule has 0 N–H and O–H groups in total. The first-order valence-electron chi connectivity index (χ1n) is 15.8. The van der Waals surface area contributed by atoms with Gasteiger partial charge in [0.25, 0.3) is 0 Å². The summed E-state index contributed by atoms with van der Waals surface area (Å²) in [5.74, 6) is 1.06. The lowest BCUT2D eigenvalue weighted by molar-refractivity contribution is -0.133. The summed E-state index contributed by atoms with van der Waals surface area (Å²) in [4.78, 5) is 23.9. The molecule has 0 fully saturated rings. The molecule has 0 spiro atoms. The van der Waals surface area contributed by atoms with Gasteiger partial charge in [-0.1, -0.05) is 130 Å². The Bertz CT molecular complexity index is 719. The Balaban J connectivity index is 2.84. The van der Waals surface area contributed by atoms with Crippen LogP contribution in [0.1, 0.15) is 180 Å². The van der Waals surface area contributed by atoms with Crippen LogP contribution in [0, 0.1) is 0 Å². The summed E-state index contributed by atoms with van der Waals surface area (Å²) in [7, 11) is 0. The van der Waals surface area contributed by atoms with E-state index in [0.29, 0.717) is 11.5 Å². The maximum atomic E-state index is 12.0. The average Bonchev–Trinajstić information content (AvgIpc) is 2.87. The molecule has 0 aliphatic carbocycles. The van der Waals surface area contributed by atoms with E-state index in [1.165, 1.54) is 104 Å². The largest absolute Gasteiger partial charge is 0.426 e. The Morgan fingerprint density at radius 3 is 1.13 bits per heavy atom. The predicted molar refractivity (Wildman–Crippen MR) is 160 cm³/mol. The van der Waals surface area contributed by atoms with Crippen LogP contribution in [0.3, 0.4) is 0 Å². The van der Waals surface area contributed by atoms with Crippen molar-refractivity contribution in [3.05, 3.63) is 23.3 Å². The van der Waals surface area contributed by atoms with Gasteiger partial charge >= 0.3 is 11.9 Å². The smallest absolute Gasteiger partial charge is 0.308 e. The fourth-order valence-corrected chi connectivity index (χ4v) is 5.33. The van der Waals surface area contributed by atoms with Crippen molar-refractivity contribution in [2.24, 2.45) is 0 Å². The maximum Gasteiger partial charge on any atom is 0.308 e. The Hall–Kier alpha value is -1.84. The molecule has 0 heterocycles. The minimum atomic E-state index is -0.313. The first kappa shape index (κ1) is 34.2. The first-order valence-corrected chi connectivity index (χ1v) is 15.8. The van der Waals surface area contributed by atoms with E-state index >= 15 is 0 Å². The van der Waals surface area contributed by atoms with E-state index in [4.69, 9.17) is 9.47 Å². The Labute approximate surface area is 234 Å². The standard InChI is InChI=1S/C34H58O4/c1-7-9-11-13-15-17-19-21-23-27(3)31-25-34(38-30(6)36)32(26-33(31)37-29(5)35)28(4)24-22-20-18-16-14-12-10-8-2/h25-28H,7-24H2,1-6H3. The van der Waals surface area contributed by atoms with Gasteiger partial charge in [-0.3, -0.25) is 9.59 Å². The van der Waals surface area contributed by atoms with Gasteiger partial charge in [-0.2, -0.15) is 0 Å². The van der Waals surface area contributed by atoms with Crippen LogP contribution in [0.2, 0.25) is 0 Å². The third-order valence-electron chi connectivity index (χ3n) is 7.69. The molecule has 218 valence electrons. The van der Waals surface area contributed by atoms with E-state index in [2.05, 4.69) is 27.7 Å². The fourth-order valence-electron chi connectivity index (χ4n) is 5.33. The number of benzene rings is 1. The average molecular weight is 531 g/mol. The number of carbonyl (C=O) groups is 2. The van der Waals surface area contributed by atoms with Gasteiger partial charge in [0.2, 0.25) is 0 Å². The topological polar surface area (TPSA) is 52.6 Å². The molecule has 0 bridgehead atoms. The van der Waals surface area contributed by atoms with E-state index in [1.807, 2.05) is 12.1 Å². The third kappa shape index (κ3) is 14.9. The number of hydrogen-bond donors (Lipinski definition) is 0. The van der Waals surface area contributed by atoms with Crippen molar-refractivity contribution >= 4 is 11.9 Å². The lowest BCUT2D eigenvalue weighted by Gasteiger charge is -2.22. The third-order valence-corrected chi connectivity index (χ3v) is 7.69. The normalized spacial score (nSPS) is 12.8. The summed E-state index contributed by atoms with van der Waals surface area (Å²) in [6, 6.07) is 3.93. The van der Waals surface area contributed by atoms with Crippen LogP contribution in [0.15, 0.2) is 12.1 Å². The van der Waals surface area contributed by atoms with Gasteiger partial charge in [-0.15, -0.1) is 0 Å². The van der Waals surface area contributed by atoms with Crippen LogP contribution in [-0.4, -0.2) is 11.9 Å². The van der Waals surface area contributed by atoms with Gasteiger partial charge in [-0.25, -0.2) is 0 Å². The summed E-state index contributed by atoms with van der Waals surface area (Å²) in [5, 5.41) is 0. The summed E-state index contributed by atoms with van der Waals surface area (Å²) >= 11 is 0. The number of carbonyl (C=O) groups excluding carboxylic acids is 2. The van der Waals surface area contributed by atoms with Gasteiger partial charge in [0.15, 0.2) is 0 Å². The maximum absolute atomic E-state index is 12.0. The van der Waals surface area contributed by atoms with Crippen LogP contribution in [0.4, 0.5) is 0 Å². The van der Waals surface area contributed by atoms with Crippen molar-refractivity contribution in [3.8, 4) is 11.5 Å². The lowest BCUT2D eigenvalue weighted by atomic mass is 9.88. The van der Waals surface area contributed by atoms with Crippen molar-refractivity contribution < 1.29 is 19.1 Å². The molecule has 0 radical (unpaired) electrons. The number of hydrogen-bond acceptors (Lipinski definition) is 4. The lowest BCUT2D eigenvalue weighted by Crippen LogP contribution is -2.11. The van der Waals surface area contributed by atoms with E-state index in [1.54, 1.807) is 0 Å². The quantitative estimate of drug-likeness (QED) is 0.0849. The molecule has 0 aliphatic rings. The molecule has 0 saturated heterocycles. The molecule has 4 nitrogen and oxygen atoms in total. The molecule has 38 heavy (non-hydrogen) atoms. The van der Waals surface area contributed by atoms with Crippen molar-refractivity contribution in [1.82, 2.24) is 0 Å². The zero-order valence-electron chi connectivity index (χ0n) is 25.7. The van der Waals surface area contributed by atoms with Crippen LogP contribution < -0.4 is 9.47 Å². The second kappa shape index (κ2) is 21.0. The Kier molecular flexibility index (Phi) is 18.9. The number of unbranched alkanes of at least 4 members (excludes halogenated alkanes) is 14. The van der Waals surface area contributed by atoms with Gasteiger partial charge < -0.3 is 9.47 Å². The molecule has 0 aliphatic heterocycles. The van der Waals surface area contributed by atoms with Gasteiger partial charge in [0.1, 0.15) is 11.5 Å². The molecule has 2 atom stereocenters. The number of ether oxygens (including phenoxy) is 2. The Morgan fingerprint density at radius 2 is 0.842 bits per heavy atom. The highest BCUT2D eigenvalue weighted by Crippen LogP contribution is 2.40. The molecule has 1 rings (SSSR count). The predicted octanol–water partition coefficient (Wildman–Crippen LogP) is 10.8. The summed E-state index contributed by atoms with van der Waals surface area (Å²) in [5.41, 5.74) is 1.92. The molecule has 1 aromatic rings. The summed E-state index contributed by atoms with van der Waals surface area (Å²) < 4.78 is 11.4. The van der Waals surface area contributed by atoms with Gasteiger partial charge in [0, 0.05) is 25.0 Å². The van der Waals surface area contributed by atoms with Crippen molar-refractivity contribution in [1.29, 1.82) is 0 Å². The second-order valence-electron chi connectivity index (χ2n) is 11.4.